The van der Waals surface area contributed by atoms with E-state index in [1.165, 1.54) is 17.0 Å². The van der Waals surface area contributed by atoms with Crippen LogP contribution in [0.4, 0.5) is 4.39 Å². The molecule has 0 amide bonds. The Morgan fingerprint density at radius 2 is 1.82 bits per heavy atom. The maximum atomic E-state index is 13.3. The lowest BCUT2D eigenvalue weighted by atomic mass is 10.0. The summed E-state index contributed by atoms with van der Waals surface area (Å²) in [5.74, 6) is -0.190. The van der Waals surface area contributed by atoms with Crippen molar-refractivity contribution < 1.29 is 4.39 Å². The lowest BCUT2D eigenvalue weighted by molar-refractivity contribution is 0.429. The van der Waals surface area contributed by atoms with Crippen LogP contribution < -0.4 is 5.32 Å². The van der Waals surface area contributed by atoms with Gasteiger partial charge in [0.15, 0.2) is 0 Å². The van der Waals surface area contributed by atoms with Gasteiger partial charge in [-0.2, -0.15) is 5.10 Å². The highest BCUT2D eigenvalue weighted by Gasteiger charge is 2.23. The second-order valence-electron chi connectivity index (χ2n) is 5.95. The van der Waals surface area contributed by atoms with E-state index in [4.69, 9.17) is 5.10 Å². The fourth-order valence-corrected chi connectivity index (χ4v) is 3.34. The van der Waals surface area contributed by atoms with Crippen molar-refractivity contribution in [3.63, 3.8) is 0 Å². The normalized spacial score (nSPS) is 14.9. The molecule has 2 aromatic rings. The van der Waals surface area contributed by atoms with Crippen molar-refractivity contribution >= 4 is 0 Å². The van der Waals surface area contributed by atoms with E-state index in [1.807, 2.05) is 12.1 Å². The van der Waals surface area contributed by atoms with Crippen LogP contribution in [0.15, 0.2) is 24.3 Å². The number of benzene rings is 1. The van der Waals surface area contributed by atoms with E-state index in [1.54, 1.807) is 12.1 Å². The molecule has 3 nitrogen and oxygen atoms in total. The molecule has 4 heteroatoms. The number of halogens is 1. The van der Waals surface area contributed by atoms with Gasteiger partial charge in [-0.3, -0.25) is 4.68 Å². The third-order valence-electron chi connectivity index (χ3n) is 4.59. The van der Waals surface area contributed by atoms with Crippen molar-refractivity contribution in [1.29, 1.82) is 0 Å². The molecule has 118 valence electrons. The van der Waals surface area contributed by atoms with Crippen LogP contribution in [0.3, 0.4) is 0 Å². The zero-order chi connectivity index (χ0) is 15.5. The van der Waals surface area contributed by atoms with Gasteiger partial charge in [-0.15, -0.1) is 0 Å². The van der Waals surface area contributed by atoms with Crippen molar-refractivity contribution in [2.45, 2.75) is 45.6 Å². The van der Waals surface area contributed by atoms with E-state index in [-0.39, 0.29) is 5.82 Å². The number of nitrogens with zero attached hydrogens (tertiary/aromatic N) is 2. The molecule has 0 saturated carbocycles. The zero-order valence-electron chi connectivity index (χ0n) is 13.4. The Morgan fingerprint density at radius 3 is 2.50 bits per heavy atom. The third-order valence-corrected chi connectivity index (χ3v) is 4.59. The average molecular weight is 301 g/mol. The molecule has 22 heavy (non-hydrogen) atoms. The van der Waals surface area contributed by atoms with E-state index in [0.717, 1.165) is 44.3 Å². The summed E-state index contributed by atoms with van der Waals surface area (Å²) in [6.07, 6.45) is 4.08. The van der Waals surface area contributed by atoms with Crippen molar-refractivity contribution in [2.24, 2.45) is 0 Å². The van der Waals surface area contributed by atoms with Crippen LogP contribution in [-0.2, 0) is 12.8 Å². The lowest BCUT2D eigenvalue weighted by Gasteiger charge is -2.18. The Labute approximate surface area is 131 Å². The predicted molar refractivity (Wildman–Crippen MR) is 87.5 cm³/mol. The molecular formula is C18H24FN3. The maximum absolute atomic E-state index is 13.3. The second-order valence-corrected chi connectivity index (χ2v) is 5.95. The first-order valence-corrected chi connectivity index (χ1v) is 8.31. The fraction of sp³-hybridized carbons (Fsp3) is 0.500. The number of fused-ring (bicyclic) bond motifs is 1. The quantitative estimate of drug-likeness (QED) is 0.932. The maximum Gasteiger partial charge on any atom is 0.123 e. The molecule has 1 aliphatic rings. The minimum absolute atomic E-state index is 0.190. The number of aromatic nitrogens is 2. The van der Waals surface area contributed by atoms with E-state index in [2.05, 4.69) is 23.8 Å². The average Bonchev–Trinajstić information content (AvgIpc) is 2.73. The summed E-state index contributed by atoms with van der Waals surface area (Å²) in [4.78, 5) is 0. The van der Waals surface area contributed by atoms with Crippen LogP contribution in [0.25, 0.3) is 11.3 Å². The molecule has 0 unspecified atom stereocenters. The van der Waals surface area contributed by atoms with Crippen LogP contribution in [-0.4, -0.2) is 22.9 Å². The number of rotatable bonds is 4. The second kappa shape index (κ2) is 6.61. The highest BCUT2D eigenvalue weighted by atomic mass is 19.1. The Balaban J connectivity index is 2.15. The molecule has 2 heterocycles. The van der Waals surface area contributed by atoms with Crippen molar-refractivity contribution in [3.8, 4) is 11.3 Å². The smallest absolute Gasteiger partial charge is 0.123 e. The molecule has 0 spiro atoms. The standard InChI is InChI=1S/C18H24FN3/c1-3-15(4-2)22-18(13-5-7-14(19)8-6-13)16-9-11-20-12-10-17(16)21-22/h5-8,15,20H,3-4,9-12H2,1-2H3. The van der Waals surface area contributed by atoms with Gasteiger partial charge in [0.2, 0.25) is 0 Å². The summed E-state index contributed by atoms with van der Waals surface area (Å²) in [5.41, 5.74) is 4.80. The van der Waals surface area contributed by atoms with Gasteiger partial charge in [0, 0.05) is 24.1 Å². The van der Waals surface area contributed by atoms with Crippen LogP contribution >= 0.6 is 0 Å². The van der Waals surface area contributed by atoms with Crippen LogP contribution in [0.1, 0.15) is 44.0 Å². The summed E-state index contributed by atoms with van der Waals surface area (Å²) >= 11 is 0. The minimum atomic E-state index is -0.190. The van der Waals surface area contributed by atoms with Gasteiger partial charge in [0.25, 0.3) is 0 Å². The van der Waals surface area contributed by atoms with Crippen LogP contribution in [0.5, 0.6) is 0 Å². The van der Waals surface area contributed by atoms with Gasteiger partial charge < -0.3 is 5.32 Å². The summed E-state index contributed by atoms with van der Waals surface area (Å²) in [6.45, 7) is 6.37. The topological polar surface area (TPSA) is 29.9 Å². The Morgan fingerprint density at radius 1 is 1.14 bits per heavy atom. The Hall–Kier alpha value is -1.68. The first-order chi connectivity index (χ1) is 10.7. The highest BCUT2D eigenvalue weighted by Crippen LogP contribution is 2.32. The molecule has 0 aliphatic carbocycles. The van der Waals surface area contributed by atoms with E-state index < -0.39 is 0 Å². The van der Waals surface area contributed by atoms with Crippen molar-refractivity contribution in [3.05, 3.63) is 41.3 Å². The van der Waals surface area contributed by atoms with Crippen LogP contribution in [0, 0.1) is 5.82 Å². The number of nitrogens with one attached hydrogen (secondary N) is 1. The van der Waals surface area contributed by atoms with E-state index in [9.17, 15) is 4.39 Å². The summed E-state index contributed by atoms with van der Waals surface area (Å²) < 4.78 is 15.5. The van der Waals surface area contributed by atoms with Gasteiger partial charge in [-0.25, -0.2) is 4.39 Å². The molecule has 0 atom stereocenters. The molecule has 0 bridgehead atoms. The largest absolute Gasteiger partial charge is 0.316 e. The van der Waals surface area contributed by atoms with Gasteiger partial charge in [0.1, 0.15) is 5.82 Å². The minimum Gasteiger partial charge on any atom is -0.316 e. The third kappa shape index (κ3) is 2.80. The molecule has 1 N–H and O–H groups in total. The van der Waals surface area contributed by atoms with Crippen molar-refractivity contribution in [1.82, 2.24) is 15.1 Å². The van der Waals surface area contributed by atoms with E-state index >= 15 is 0 Å². The Bertz CT molecular complexity index is 627. The molecule has 1 aromatic heterocycles. The monoisotopic (exact) mass is 301 g/mol. The van der Waals surface area contributed by atoms with Crippen molar-refractivity contribution in [2.75, 3.05) is 13.1 Å². The number of hydrogen-bond donors (Lipinski definition) is 1. The Kier molecular flexibility index (Phi) is 4.57. The first kappa shape index (κ1) is 15.2. The van der Waals surface area contributed by atoms with E-state index in [0.29, 0.717) is 6.04 Å². The first-order valence-electron chi connectivity index (χ1n) is 8.31. The summed E-state index contributed by atoms with van der Waals surface area (Å²) in [5, 5.41) is 8.37. The highest BCUT2D eigenvalue weighted by molar-refractivity contribution is 5.65. The molecule has 3 rings (SSSR count). The van der Waals surface area contributed by atoms with Crippen LogP contribution in [0.2, 0.25) is 0 Å². The molecule has 1 aromatic carbocycles. The molecule has 0 radical (unpaired) electrons. The molecule has 1 aliphatic heterocycles. The zero-order valence-corrected chi connectivity index (χ0v) is 13.4. The van der Waals surface area contributed by atoms with Gasteiger partial charge in [0.05, 0.1) is 17.4 Å². The number of hydrogen-bond acceptors (Lipinski definition) is 2. The summed E-state index contributed by atoms with van der Waals surface area (Å²) in [7, 11) is 0. The summed E-state index contributed by atoms with van der Waals surface area (Å²) in [6, 6.07) is 7.25. The molecule has 0 saturated heterocycles. The van der Waals surface area contributed by atoms with Gasteiger partial charge in [-0.05, 0) is 50.1 Å². The predicted octanol–water partition coefficient (Wildman–Crippen LogP) is 3.74. The van der Waals surface area contributed by atoms with Gasteiger partial charge >= 0.3 is 0 Å². The van der Waals surface area contributed by atoms with Gasteiger partial charge in [-0.1, -0.05) is 13.8 Å². The fourth-order valence-electron chi connectivity index (χ4n) is 3.34. The molecular weight excluding hydrogens is 277 g/mol. The molecule has 0 fully saturated rings. The SMILES string of the molecule is CCC(CC)n1nc2c(c1-c1ccc(F)cc1)CCNCC2. The lowest BCUT2D eigenvalue weighted by Crippen LogP contribution is -2.18.